The van der Waals surface area contributed by atoms with E-state index < -0.39 is 0 Å². The molecule has 4 nitrogen and oxygen atoms in total. The van der Waals surface area contributed by atoms with Gasteiger partial charge in [0.25, 0.3) is 0 Å². The summed E-state index contributed by atoms with van der Waals surface area (Å²) in [5, 5.41) is 24.3. The zero-order valence-electron chi connectivity index (χ0n) is 9.79. The van der Waals surface area contributed by atoms with E-state index in [1.807, 2.05) is 41.5 Å². The zero-order chi connectivity index (χ0) is 11.6. The molecule has 2 N–H and O–H groups in total. The normalized spacial score (nSPS) is 15.9. The number of hydrogen-bond donors (Lipinski definition) is 2. The quantitative estimate of drug-likeness (QED) is 0.388. The van der Waals surface area contributed by atoms with Gasteiger partial charge in [-0.3, -0.25) is 0 Å². The molecule has 0 rings (SSSR count). The number of nitrogens with zero attached hydrogens (tertiary/aromatic N) is 2. The molecule has 4 heteroatoms. The first-order valence-electron chi connectivity index (χ1n) is 4.60. The lowest BCUT2D eigenvalue weighted by atomic mass is 9.77. The molecule has 0 unspecified atom stereocenters. The van der Waals surface area contributed by atoms with E-state index in [9.17, 15) is 0 Å². The highest BCUT2D eigenvalue weighted by atomic mass is 16.4. The van der Waals surface area contributed by atoms with Gasteiger partial charge in [0.15, 0.2) is 0 Å². The van der Waals surface area contributed by atoms with Crippen LogP contribution in [-0.2, 0) is 0 Å². The summed E-state index contributed by atoms with van der Waals surface area (Å²) in [7, 11) is 0. The fraction of sp³-hybridized carbons (Fsp3) is 0.800. The highest BCUT2D eigenvalue weighted by Gasteiger charge is 2.32. The molecule has 14 heavy (non-hydrogen) atoms. The molecule has 0 saturated heterocycles. The van der Waals surface area contributed by atoms with Crippen molar-refractivity contribution in [3.8, 4) is 0 Å². The predicted octanol–water partition coefficient (Wildman–Crippen LogP) is 2.74. The second kappa shape index (κ2) is 3.98. The van der Waals surface area contributed by atoms with E-state index in [4.69, 9.17) is 10.4 Å². The first-order valence-corrected chi connectivity index (χ1v) is 4.60. The molecule has 0 spiro atoms. The summed E-state index contributed by atoms with van der Waals surface area (Å²) in [5.74, 6) is 0. The van der Waals surface area contributed by atoms with Crippen molar-refractivity contribution in [3.63, 3.8) is 0 Å². The second-order valence-corrected chi connectivity index (χ2v) is 5.40. The lowest BCUT2D eigenvalue weighted by Gasteiger charge is -2.27. The van der Waals surface area contributed by atoms with Crippen molar-refractivity contribution < 1.29 is 10.4 Å². The minimum atomic E-state index is -0.344. The molecule has 0 aromatic carbocycles. The summed E-state index contributed by atoms with van der Waals surface area (Å²) < 4.78 is 0. The van der Waals surface area contributed by atoms with E-state index in [1.54, 1.807) is 0 Å². The maximum atomic E-state index is 8.92. The molecular formula is C10H20N2O2. The first-order chi connectivity index (χ1) is 6.14. The SMILES string of the molecule is CC(C)(C)C(=N\O)/C(=N/O)C(C)(C)C. The molecule has 0 atom stereocenters. The fourth-order valence-corrected chi connectivity index (χ4v) is 1.11. The van der Waals surface area contributed by atoms with Crippen LogP contribution in [0.5, 0.6) is 0 Å². The van der Waals surface area contributed by atoms with Crippen molar-refractivity contribution in [3.05, 3.63) is 0 Å². The lowest BCUT2D eigenvalue weighted by molar-refractivity contribution is 0.302. The van der Waals surface area contributed by atoms with Crippen LogP contribution in [0.4, 0.5) is 0 Å². The second-order valence-electron chi connectivity index (χ2n) is 5.40. The summed E-state index contributed by atoms with van der Waals surface area (Å²) in [5.41, 5.74) is 0.132. The summed E-state index contributed by atoms with van der Waals surface area (Å²) >= 11 is 0. The Morgan fingerprint density at radius 1 is 0.714 bits per heavy atom. The molecule has 0 aromatic heterocycles. The Hall–Kier alpha value is -1.06. The van der Waals surface area contributed by atoms with Crippen molar-refractivity contribution in [1.29, 1.82) is 0 Å². The standard InChI is InChI=1S/C10H20N2O2/c1-9(2,3)7(11-13)8(12-14)10(4,5)6/h13-14H,1-6H3/b11-7-,12-8-. The molecule has 0 aromatic rings. The van der Waals surface area contributed by atoms with Crippen LogP contribution in [0.1, 0.15) is 41.5 Å². The Bertz CT molecular complexity index is 226. The minimum Gasteiger partial charge on any atom is -0.411 e. The third-order valence-corrected chi connectivity index (χ3v) is 1.85. The molecule has 0 bridgehead atoms. The Kier molecular flexibility index (Phi) is 3.68. The van der Waals surface area contributed by atoms with Crippen molar-refractivity contribution in [1.82, 2.24) is 0 Å². The molecule has 0 aliphatic heterocycles. The van der Waals surface area contributed by atoms with Gasteiger partial charge in [0, 0.05) is 10.8 Å². The van der Waals surface area contributed by atoms with Crippen molar-refractivity contribution >= 4 is 11.4 Å². The van der Waals surface area contributed by atoms with Crippen molar-refractivity contribution in [2.45, 2.75) is 41.5 Å². The van der Waals surface area contributed by atoms with Crippen LogP contribution in [0.25, 0.3) is 0 Å². The Balaban J connectivity index is 5.27. The summed E-state index contributed by atoms with van der Waals surface area (Å²) in [6.07, 6.45) is 0. The summed E-state index contributed by atoms with van der Waals surface area (Å²) in [6.45, 7) is 11.4. The Labute approximate surface area is 85.3 Å². The smallest absolute Gasteiger partial charge is 0.110 e. The van der Waals surface area contributed by atoms with Crippen LogP contribution in [0.15, 0.2) is 10.3 Å². The minimum absolute atomic E-state index is 0.344. The van der Waals surface area contributed by atoms with Gasteiger partial charge < -0.3 is 10.4 Å². The molecule has 0 amide bonds. The largest absolute Gasteiger partial charge is 0.411 e. The van der Waals surface area contributed by atoms with Gasteiger partial charge in [-0.2, -0.15) is 0 Å². The van der Waals surface area contributed by atoms with E-state index in [1.165, 1.54) is 0 Å². The maximum Gasteiger partial charge on any atom is 0.110 e. The molecule has 0 saturated carbocycles. The molecule has 0 radical (unpaired) electrons. The van der Waals surface area contributed by atoms with Crippen LogP contribution in [0, 0.1) is 10.8 Å². The van der Waals surface area contributed by atoms with Gasteiger partial charge in [-0.15, -0.1) is 0 Å². The van der Waals surface area contributed by atoms with Gasteiger partial charge in [-0.1, -0.05) is 51.9 Å². The average Bonchev–Trinajstić information content (AvgIpc) is 1.94. The Morgan fingerprint density at radius 3 is 1.00 bits per heavy atom. The highest BCUT2D eigenvalue weighted by Crippen LogP contribution is 2.25. The molecule has 0 heterocycles. The average molecular weight is 200 g/mol. The van der Waals surface area contributed by atoms with Crippen LogP contribution in [-0.4, -0.2) is 21.8 Å². The lowest BCUT2D eigenvalue weighted by Crippen LogP contribution is -2.37. The van der Waals surface area contributed by atoms with Gasteiger partial charge in [-0.25, -0.2) is 0 Å². The molecule has 0 aliphatic rings. The van der Waals surface area contributed by atoms with Crippen LogP contribution in [0.2, 0.25) is 0 Å². The fourth-order valence-electron chi connectivity index (χ4n) is 1.11. The van der Waals surface area contributed by atoms with Gasteiger partial charge in [0.2, 0.25) is 0 Å². The molecular weight excluding hydrogens is 180 g/mol. The number of oxime groups is 2. The highest BCUT2D eigenvalue weighted by molar-refractivity contribution is 6.45. The van der Waals surface area contributed by atoms with E-state index >= 15 is 0 Å². The van der Waals surface area contributed by atoms with Crippen LogP contribution in [0.3, 0.4) is 0 Å². The van der Waals surface area contributed by atoms with Crippen LogP contribution >= 0.6 is 0 Å². The molecule has 0 aliphatic carbocycles. The topological polar surface area (TPSA) is 65.2 Å². The third kappa shape index (κ3) is 3.01. The van der Waals surface area contributed by atoms with Gasteiger partial charge in [-0.05, 0) is 0 Å². The van der Waals surface area contributed by atoms with Crippen molar-refractivity contribution in [2.24, 2.45) is 21.1 Å². The Morgan fingerprint density at radius 2 is 0.929 bits per heavy atom. The first kappa shape index (κ1) is 12.9. The monoisotopic (exact) mass is 200 g/mol. The van der Waals surface area contributed by atoms with Gasteiger partial charge >= 0.3 is 0 Å². The number of hydrogen-bond acceptors (Lipinski definition) is 4. The number of rotatable bonds is 1. The van der Waals surface area contributed by atoms with Gasteiger partial charge in [0.1, 0.15) is 11.4 Å². The zero-order valence-corrected chi connectivity index (χ0v) is 9.79. The summed E-state index contributed by atoms with van der Waals surface area (Å²) in [6, 6.07) is 0. The summed E-state index contributed by atoms with van der Waals surface area (Å²) in [4.78, 5) is 0. The molecule has 0 fully saturated rings. The van der Waals surface area contributed by atoms with E-state index in [0.29, 0.717) is 11.4 Å². The maximum absolute atomic E-state index is 8.92. The van der Waals surface area contributed by atoms with E-state index in [0.717, 1.165) is 0 Å². The van der Waals surface area contributed by atoms with Crippen molar-refractivity contribution in [2.75, 3.05) is 0 Å². The van der Waals surface area contributed by atoms with E-state index in [-0.39, 0.29) is 10.8 Å². The van der Waals surface area contributed by atoms with Gasteiger partial charge in [0.05, 0.1) is 0 Å². The molecule has 82 valence electrons. The van der Waals surface area contributed by atoms with Crippen LogP contribution < -0.4 is 0 Å². The van der Waals surface area contributed by atoms with E-state index in [2.05, 4.69) is 10.3 Å². The third-order valence-electron chi connectivity index (χ3n) is 1.85. The predicted molar refractivity (Wildman–Crippen MR) is 57.4 cm³/mol.